The summed E-state index contributed by atoms with van der Waals surface area (Å²) in [6.45, 7) is 2.80. The van der Waals surface area contributed by atoms with Gasteiger partial charge in [-0.15, -0.1) is 0 Å². The van der Waals surface area contributed by atoms with Crippen LogP contribution in [0.2, 0.25) is 0 Å². The lowest BCUT2D eigenvalue weighted by molar-refractivity contribution is -0.154. The lowest BCUT2D eigenvalue weighted by atomic mass is 9.82. The molecular formula is C43H82O5. The van der Waals surface area contributed by atoms with Crippen LogP contribution in [0.25, 0.3) is 0 Å². The predicted molar refractivity (Wildman–Crippen MR) is 205 cm³/mol. The molecule has 3 N–H and O–H groups in total. The molecule has 0 saturated heterocycles. The molecule has 1 unspecified atom stereocenters. The largest absolute Gasteiger partial charge is 0.393 e. The van der Waals surface area contributed by atoms with E-state index in [-0.39, 0.29) is 5.78 Å². The number of unbranched alkanes of at least 4 members (excludes halogenated alkanes) is 28. The Labute approximate surface area is 298 Å². The molecule has 0 rings (SSSR count). The van der Waals surface area contributed by atoms with Crippen molar-refractivity contribution in [2.75, 3.05) is 13.2 Å². The molecule has 1 atom stereocenters. The minimum atomic E-state index is -2.24. The predicted octanol–water partition coefficient (Wildman–Crippen LogP) is 11.9. The Bertz CT molecular complexity index is 729. The molecule has 5 nitrogen and oxygen atoms in total. The van der Waals surface area contributed by atoms with Gasteiger partial charge in [0.2, 0.25) is 0 Å². The van der Waals surface area contributed by atoms with E-state index >= 15 is 0 Å². The normalized spacial score (nSPS) is 12.7. The molecule has 0 aliphatic heterocycles. The third-order valence-corrected chi connectivity index (χ3v) is 10.2. The number of Topliss-reactive ketones (excluding diaryl/α,β-unsaturated/α-hetero) is 2. The molecule has 0 aromatic rings. The van der Waals surface area contributed by atoms with Crippen molar-refractivity contribution in [1.82, 2.24) is 0 Å². The van der Waals surface area contributed by atoms with Crippen LogP contribution in [-0.2, 0) is 9.59 Å². The van der Waals surface area contributed by atoms with E-state index in [4.69, 9.17) is 0 Å². The number of ketones is 2. The average molecular weight is 679 g/mol. The van der Waals surface area contributed by atoms with Gasteiger partial charge in [-0.25, -0.2) is 0 Å². The molecular weight excluding hydrogens is 596 g/mol. The van der Waals surface area contributed by atoms with Crippen molar-refractivity contribution in [3.8, 4) is 0 Å². The van der Waals surface area contributed by atoms with Crippen LogP contribution in [0.15, 0.2) is 12.2 Å². The van der Waals surface area contributed by atoms with Gasteiger partial charge in [0.15, 0.2) is 11.4 Å². The van der Waals surface area contributed by atoms with Crippen molar-refractivity contribution in [1.29, 1.82) is 0 Å². The average Bonchev–Trinajstić information content (AvgIpc) is 3.10. The lowest BCUT2D eigenvalue weighted by Crippen LogP contribution is -2.50. The number of aliphatic hydroxyl groups is 3. The summed E-state index contributed by atoms with van der Waals surface area (Å²) >= 11 is 0. The van der Waals surface area contributed by atoms with Gasteiger partial charge in [0.25, 0.3) is 0 Å². The number of allylic oxidation sites excluding steroid dienone is 2. The number of aliphatic hydroxyl groups excluding tert-OH is 2. The number of carbonyl (C=O) groups excluding carboxylic acids is 2. The van der Waals surface area contributed by atoms with Crippen LogP contribution < -0.4 is 0 Å². The fourth-order valence-electron chi connectivity index (χ4n) is 6.76. The van der Waals surface area contributed by atoms with Crippen molar-refractivity contribution < 1.29 is 24.9 Å². The molecule has 0 aliphatic carbocycles. The van der Waals surface area contributed by atoms with Crippen LogP contribution in [0.5, 0.6) is 0 Å². The topological polar surface area (TPSA) is 94.8 Å². The Kier molecular flexibility index (Phi) is 35.0. The molecule has 0 saturated carbocycles. The first kappa shape index (κ1) is 47.0. The maximum absolute atomic E-state index is 13.1. The molecule has 0 amide bonds. The minimum absolute atomic E-state index is 0.148. The standard InChI is InChI=1S/C43H82O5/c1-3-5-7-9-11-13-15-17-19-20-21-22-23-25-27-29-31-33-35-37-41(46)40(42(47)43(48,38-44)39-45)36-34-32-30-28-26-24-18-16-14-12-10-8-6-4-2/h18,24,40,44-45,48H,3-17,19-23,25-39H2,1-2H3/b24-18-. The number of carbonyl (C=O) groups is 2. The molecule has 5 heteroatoms. The van der Waals surface area contributed by atoms with Gasteiger partial charge in [0.1, 0.15) is 5.78 Å². The second kappa shape index (κ2) is 35.8. The van der Waals surface area contributed by atoms with Crippen LogP contribution in [0.1, 0.15) is 226 Å². The van der Waals surface area contributed by atoms with Crippen molar-refractivity contribution in [2.45, 2.75) is 231 Å². The summed E-state index contributed by atoms with van der Waals surface area (Å²) in [6, 6.07) is 0. The van der Waals surface area contributed by atoms with Gasteiger partial charge >= 0.3 is 0 Å². The third-order valence-electron chi connectivity index (χ3n) is 10.2. The molecule has 0 fully saturated rings. The first-order valence-corrected chi connectivity index (χ1v) is 21.1. The summed E-state index contributed by atoms with van der Waals surface area (Å²) in [5, 5.41) is 29.6. The van der Waals surface area contributed by atoms with Gasteiger partial charge in [0, 0.05) is 6.42 Å². The van der Waals surface area contributed by atoms with Crippen LogP contribution in [0.3, 0.4) is 0 Å². The molecule has 284 valence electrons. The molecule has 0 bridgehead atoms. The van der Waals surface area contributed by atoms with E-state index < -0.39 is 30.5 Å². The first-order chi connectivity index (χ1) is 23.5. The third kappa shape index (κ3) is 27.7. The lowest BCUT2D eigenvalue weighted by Gasteiger charge is -2.26. The van der Waals surface area contributed by atoms with Gasteiger partial charge < -0.3 is 15.3 Å². The Morgan fingerprint density at radius 3 is 1.15 bits per heavy atom. The summed E-state index contributed by atoms with van der Waals surface area (Å²) in [4.78, 5) is 26.1. The molecule has 0 radical (unpaired) electrons. The van der Waals surface area contributed by atoms with E-state index in [1.807, 2.05) is 0 Å². The van der Waals surface area contributed by atoms with Crippen molar-refractivity contribution in [3.05, 3.63) is 12.2 Å². The maximum Gasteiger partial charge on any atom is 0.179 e. The van der Waals surface area contributed by atoms with Crippen molar-refractivity contribution in [2.24, 2.45) is 5.92 Å². The monoisotopic (exact) mass is 679 g/mol. The van der Waals surface area contributed by atoms with E-state index in [1.165, 1.54) is 141 Å². The summed E-state index contributed by atoms with van der Waals surface area (Å²) in [7, 11) is 0. The Morgan fingerprint density at radius 2 is 0.792 bits per heavy atom. The van der Waals surface area contributed by atoms with Gasteiger partial charge in [0.05, 0.1) is 19.1 Å². The summed E-state index contributed by atoms with van der Waals surface area (Å²) in [5.74, 6) is -1.81. The van der Waals surface area contributed by atoms with E-state index in [9.17, 15) is 24.9 Å². The molecule has 48 heavy (non-hydrogen) atoms. The van der Waals surface area contributed by atoms with E-state index in [0.717, 1.165) is 57.8 Å². The highest BCUT2D eigenvalue weighted by atomic mass is 16.4. The number of hydrogen-bond acceptors (Lipinski definition) is 5. The molecule has 0 aromatic heterocycles. The zero-order valence-corrected chi connectivity index (χ0v) is 32.1. The van der Waals surface area contributed by atoms with Crippen molar-refractivity contribution >= 4 is 11.6 Å². The summed E-state index contributed by atoms with van der Waals surface area (Å²) in [6.07, 6.45) is 43.9. The Hall–Kier alpha value is -1.04. The number of hydrogen-bond donors (Lipinski definition) is 3. The minimum Gasteiger partial charge on any atom is -0.393 e. The van der Waals surface area contributed by atoms with Crippen LogP contribution in [-0.4, -0.2) is 45.7 Å². The zero-order valence-electron chi connectivity index (χ0n) is 32.1. The highest BCUT2D eigenvalue weighted by Gasteiger charge is 2.41. The maximum atomic E-state index is 13.1. The van der Waals surface area contributed by atoms with Gasteiger partial charge in [-0.2, -0.15) is 0 Å². The fraction of sp³-hybridized carbons (Fsp3) is 0.907. The second-order valence-electron chi connectivity index (χ2n) is 14.9. The van der Waals surface area contributed by atoms with E-state index in [2.05, 4.69) is 26.0 Å². The quantitative estimate of drug-likeness (QED) is 0.0342. The summed E-state index contributed by atoms with van der Waals surface area (Å²) in [5.41, 5.74) is -2.24. The van der Waals surface area contributed by atoms with Gasteiger partial charge in [-0.1, -0.05) is 193 Å². The van der Waals surface area contributed by atoms with E-state index in [0.29, 0.717) is 12.8 Å². The smallest absolute Gasteiger partial charge is 0.179 e. The van der Waals surface area contributed by atoms with Crippen LogP contribution in [0, 0.1) is 5.92 Å². The van der Waals surface area contributed by atoms with Gasteiger partial charge in [-0.3, -0.25) is 9.59 Å². The Balaban J connectivity index is 4.04. The highest BCUT2D eigenvalue weighted by molar-refractivity contribution is 6.06. The Morgan fingerprint density at radius 1 is 0.479 bits per heavy atom. The molecule has 0 heterocycles. The van der Waals surface area contributed by atoms with Crippen LogP contribution >= 0.6 is 0 Å². The zero-order chi connectivity index (χ0) is 35.4. The SMILES string of the molecule is CCCCCCCC/C=C\CCCCCCC(C(=O)CCCCCCCCCCCCCCCCCCCCC)C(=O)C(O)(CO)CO. The van der Waals surface area contributed by atoms with Crippen molar-refractivity contribution in [3.63, 3.8) is 0 Å². The number of rotatable bonds is 39. The molecule has 0 spiro atoms. The second-order valence-corrected chi connectivity index (χ2v) is 14.9. The first-order valence-electron chi connectivity index (χ1n) is 21.1. The van der Waals surface area contributed by atoms with Crippen LogP contribution in [0.4, 0.5) is 0 Å². The van der Waals surface area contributed by atoms with E-state index in [1.54, 1.807) is 0 Å². The fourth-order valence-corrected chi connectivity index (χ4v) is 6.76. The highest BCUT2D eigenvalue weighted by Crippen LogP contribution is 2.23. The molecule has 0 aromatic carbocycles. The summed E-state index contributed by atoms with van der Waals surface area (Å²) < 4.78 is 0. The molecule has 0 aliphatic rings. The van der Waals surface area contributed by atoms with Gasteiger partial charge in [-0.05, 0) is 38.5 Å².